The van der Waals surface area contributed by atoms with E-state index in [1.807, 2.05) is 35.2 Å². The third-order valence-electron chi connectivity index (χ3n) is 22.7. The molecule has 24 heteroatoms. The number of rotatable bonds is 15. The molecule has 3 aromatic carbocycles. The van der Waals surface area contributed by atoms with Crippen LogP contribution in [0.4, 0.5) is 31.4 Å². The smallest absolute Gasteiger partial charge is 0.325 e. The summed E-state index contributed by atoms with van der Waals surface area (Å²) in [5, 5.41) is 39.9. The molecule has 0 radical (unpaired) electrons. The molecular formula is C73H94N18O5Si. The summed E-state index contributed by atoms with van der Waals surface area (Å²) in [4.78, 5) is 80.2. The summed E-state index contributed by atoms with van der Waals surface area (Å²) in [6.45, 7) is 14.2. The van der Waals surface area contributed by atoms with Crippen LogP contribution in [0.2, 0.25) is 18.1 Å². The average molecular weight is 1330 g/mol. The van der Waals surface area contributed by atoms with E-state index in [2.05, 4.69) is 210 Å². The number of β-amino-alcohol motifs (C(OH)–C–C–N with tert-alkyl or cyclic N) is 1. The van der Waals surface area contributed by atoms with Crippen molar-refractivity contribution < 1.29 is 23.9 Å². The maximum Gasteiger partial charge on any atom is 0.325 e. The van der Waals surface area contributed by atoms with Crippen LogP contribution < -0.4 is 20.0 Å². The second-order valence-corrected chi connectivity index (χ2v) is 33.9. The number of nitriles is 3. The number of carbonyl (C=O) groups is 3. The number of aromatic nitrogens is 6. The molecule has 6 fully saturated rings. The SMILES string of the molecule is CN(C)C1(c2ccccc2)CCC2(CC1)CN(c1cnc(C#N)nc1)C(=O)N2.CN(C)C1(c2ccccc2)CCC2(CC1)CN(c1cnc(C#N)nc1)C(=O)N2CCO.CN(C)C1(c2ccccc2)CCC2(CC1)CN(c1cnc(C#N)nc1)C(=O)N2CCO[Si](C)(C)C(C)(C)C. The number of hydrogen-bond donors (Lipinski definition) is 2. The summed E-state index contributed by atoms with van der Waals surface area (Å²) in [6, 6.07) is 37.4. The van der Waals surface area contributed by atoms with Crippen LogP contribution >= 0.6 is 0 Å². The second-order valence-electron chi connectivity index (χ2n) is 29.1. The van der Waals surface area contributed by atoms with Gasteiger partial charge in [0.15, 0.2) is 8.32 Å². The van der Waals surface area contributed by atoms with Crippen LogP contribution in [0.5, 0.6) is 0 Å². The van der Waals surface area contributed by atoms with E-state index in [1.165, 1.54) is 29.1 Å². The molecule has 3 saturated heterocycles. The minimum absolute atomic E-state index is 0.0117. The summed E-state index contributed by atoms with van der Waals surface area (Å²) in [5.74, 6) is 0.286. The van der Waals surface area contributed by atoms with Gasteiger partial charge in [0.05, 0.1) is 104 Å². The maximum atomic E-state index is 13.9. The zero-order chi connectivity index (χ0) is 69.6. The van der Waals surface area contributed by atoms with Crippen LogP contribution in [0.1, 0.15) is 132 Å². The van der Waals surface area contributed by atoms with Crippen LogP contribution in [-0.4, -0.2) is 191 Å². The topological polar surface area (TPSA) is 267 Å². The lowest BCUT2D eigenvalue weighted by atomic mass is 9.68. The molecule has 6 aromatic rings. The van der Waals surface area contributed by atoms with Crippen molar-refractivity contribution in [1.29, 1.82) is 15.8 Å². The first-order valence-electron chi connectivity index (χ1n) is 33.7. The van der Waals surface area contributed by atoms with E-state index >= 15 is 0 Å². The summed E-state index contributed by atoms with van der Waals surface area (Å²) in [7, 11) is 10.9. The zero-order valence-corrected chi connectivity index (χ0v) is 59.2. The summed E-state index contributed by atoms with van der Waals surface area (Å²) in [5.41, 5.74) is 4.76. The largest absolute Gasteiger partial charge is 0.415 e. The standard InChI is InChI=1S/C29H42N6O2Si.C23H28N6O2.C21H24N6O/c1-27(2,3)38(6,7)37-18-17-35-26(36)34(24-20-31-25(19-30)32-21-24)22-28(35)13-15-29(16-14-28,33(4)5)23-11-9-8-10-12-23;1-27(2)23(18-6-4-3-5-7-18)10-8-22(9-11-23)17-28(21(31)29(22)12-13-30)19-15-25-20(14-24)26-16-19;1-26(2)21(16-6-4-3-5-7-16)10-8-20(9-11-21)15-27(19(28)25-20)17-13-23-18(12-22)24-14-17/h8-12,20-21H,13-18,22H2,1-7H3;3-7,15-16,30H,8-13,17H2,1-2H3;3-7,13-14H,8-11,15H2,1-2H3,(H,25,28). The lowest BCUT2D eigenvalue weighted by Gasteiger charge is -2.51. The highest BCUT2D eigenvalue weighted by atomic mass is 28.4. The lowest BCUT2D eigenvalue weighted by molar-refractivity contribution is 0.0216. The molecule has 0 bridgehead atoms. The van der Waals surface area contributed by atoms with Crippen molar-refractivity contribution in [2.24, 2.45) is 0 Å². The second kappa shape index (κ2) is 28.7. The van der Waals surface area contributed by atoms with Crippen molar-refractivity contribution in [3.8, 4) is 18.2 Å². The normalized spacial score (nSPS) is 25.6. The number of aliphatic hydroxyl groups is 1. The summed E-state index contributed by atoms with van der Waals surface area (Å²) < 4.78 is 6.52. The number of carbonyl (C=O) groups excluding carboxylic acids is 3. The molecule has 2 N–H and O–H groups in total. The molecule has 97 heavy (non-hydrogen) atoms. The monoisotopic (exact) mass is 1330 g/mol. The fourth-order valence-electron chi connectivity index (χ4n) is 15.6. The fraction of sp³-hybridized carbons (Fsp3) is 0.507. The van der Waals surface area contributed by atoms with Gasteiger partial charge in [0.1, 0.15) is 18.2 Å². The number of amides is 6. The Morgan fingerprint density at radius 2 is 0.814 bits per heavy atom. The molecule has 6 amide bonds. The number of anilines is 3. The van der Waals surface area contributed by atoms with Gasteiger partial charge in [-0.25, -0.2) is 44.3 Å². The van der Waals surface area contributed by atoms with Gasteiger partial charge in [-0.3, -0.25) is 29.4 Å². The van der Waals surface area contributed by atoms with Crippen molar-refractivity contribution in [3.05, 3.63) is 162 Å². The molecule has 510 valence electrons. The van der Waals surface area contributed by atoms with Gasteiger partial charge in [0, 0.05) is 29.7 Å². The molecular weight excluding hydrogens is 1240 g/mol. The third-order valence-corrected chi connectivity index (χ3v) is 27.2. The Morgan fingerprint density at radius 1 is 0.495 bits per heavy atom. The van der Waals surface area contributed by atoms with Crippen molar-refractivity contribution in [3.63, 3.8) is 0 Å². The minimum atomic E-state index is -1.94. The average Bonchev–Trinajstić information content (AvgIpc) is 1.64. The molecule has 6 heterocycles. The Balaban J connectivity index is 0.000000160. The molecule has 12 rings (SSSR count). The van der Waals surface area contributed by atoms with Crippen LogP contribution in [0.15, 0.2) is 128 Å². The highest BCUT2D eigenvalue weighted by Crippen LogP contribution is 2.52. The number of urea groups is 3. The van der Waals surface area contributed by atoms with Gasteiger partial charge in [-0.2, -0.15) is 15.8 Å². The van der Waals surface area contributed by atoms with Crippen molar-refractivity contribution in [2.45, 2.75) is 149 Å². The van der Waals surface area contributed by atoms with Gasteiger partial charge < -0.3 is 24.6 Å². The highest BCUT2D eigenvalue weighted by molar-refractivity contribution is 6.74. The predicted octanol–water partition coefficient (Wildman–Crippen LogP) is 10.4. The third kappa shape index (κ3) is 14.1. The quantitative estimate of drug-likeness (QED) is 0.0905. The molecule has 23 nitrogen and oxygen atoms in total. The van der Waals surface area contributed by atoms with Gasteiger partial charge >= 0.3 is 18.1 Å². The van der Waals surface area contributed by atoms with Gasteiger partial charge in [0.25, 0.3) is 0 Å². The van der Waals surface area contributed by atoms with Gasteiger partial charge in [-0.15, -0.1) is 0 Å². The number of hydrogen-bond acceptors (Lipinski definition) is 17. The van der Waals surface area contributed by atoms with Crippen molar-refractivity contribution in [2.75, 3.05) is 103 Å². The van der Waals surface area contributed by atoms with E-state index in [1.54, 1.807) is 39.5 Å². The van der Waals surface area contributed by atoms with Crippen LogP contribution in [0, 0.1) is 34.0 Å². The fourth-order valence-corrected chi connectivity index (χ4v) is 16.6. The van der Waals surface area contributed by atoms with E-state index in [4.69, 9.17) is 20.2 Å². The van der Waals surface area contributed by atoms with Gasteiger partial charge in [-0.1, -0.05) is 112 Å². The molecule has 0 unspecified atom stereocenters. The number of aliphatic hydroxyl groups excluding tert-OH is 1. The zero-order valence-electron chi connectivity index (χ0n) is 58.2. The van der Waals surface area contributed by atoms with E-state index in [0.717, 1.165) is 77.0 Å². The first-order valence-corrected chi connectivity index (χ1v) is 36.6. The van der Waals surface area contributed by atoms with Crippen LogP contribution in [-0.2, 0) is 21.0 Å². The first-order chi connectivity index (χ1) is 46.3. The summed E-state index contributed by atoms with van der Waals surface area (Å²) in [6.07, 6.45) is 20.2. The minimum Gasteiger partial charge on any atom is -0.415 e. The Hall–Kier alpha value is -8.80. The number of nitrogens with one attached hydrogen (secondary N) is 1. The van der Waals surface area contributed by atoms with E-state index < -0.39 is 8.32 Å². The van der Waals surface area contributed by atoms with Gasteiger partial charge in [-0.05, 0) is 154 Å². The lowest BCUT2D eigenvalue weighted by Crippen LogP contribution is -2.56. The Labute approximate surface area is 572 Å². The van der Waals surface area contributed by atoms with Crippen molar-refractivity contribution in [1.82, 2.24) is 59.7 Å². The predicted molar refractivity (Wildman–Crippen MR) is 374 cm³/mol. The maximum absolute atomic E-state index is 13.9. The first kappa shape index (κ1) is 71.0. The molecule has 3 spiro atoms. The van der Waals surface area contributed by atoms with E-state index in [9.17, 15) is 19.5 Å². The van der Waals surface area contributed by atoms with Crippen LogP contribution in [0.3, 0.4) is 0 Å². The molecule has 3 saturated carbocycles. The summed E-state index contributed by atoms with van der Waals surface area (Å²) >= 11 is 0. The van der Waals surface area contributed by atoms with E-state index in [-0.39, 0.29) is 80.4 Å². The molecule has 3 aromatic heterocycles. The molecule has 6 aliphatic rings. The molecule has 3 aliphatic heterocycles. The molecule has 3 aliphatic carbocycles. The number of nitrogens with zero attached hydrogens (tertiary/aromatic N) is 17. The molecule has 0 atom stereocenters. The van der Waals surface area contributed by atoms with Gasteiger partial charge in [0.2, 0.25) is 17.5 Å². The highest BCUT2D eigenvalue weighted by Gasteiger charge is 2.57. The Morgan fingerprint density at radius 3 is 1.12 bits per heavy atom. The Bertz CT molecular complexity index is 3810. The Kier molecular flexibility index (Phi) is 21.0. The number of benzene rings is 3. The van der Waals surface area contributed by atoms with Crippen LogP contribution in [0.25, 0.3) is 0 Å². The van der Waals surface area contributed by atoms with E-state index in [0.29, 0.717) is 56.4 Å². The van der Waals surface area contributed by atoms with Crippen molar-refractivity contribution >= 4 is 43.5 Å².